The van der Waals surface area contributed by atoms with Gasteiger partial charge in [-0.15, -0.1) is 0 Å². The lowest BCUT2D eigenvalue weighted by atomic mass is 9.96. The number of hydrogen-bond donors (Lipinski definition) is 0. The predicted molar refractivity (Wildman–Crippen MR) is 112 cm³/mol. The van der Waals surface area contributed by atoms with Crippen LogP contribution in [-0.4, -0.2) is 35.1 Å². The number of methoxy groups -OCH3 is 1. The topological polar surface area (TPSA) is 68.5 Å². The molecule has 0 saturated carbocycles. The van der Waals surface area contributed by atoms with Crippen molar-refractivity contribution in [2.24, 2.45) is 0 Å². The van der Waals surface area contributed by atoms with Crippen LogP contribution in [0.5, 0.6) is 5.75 Å². The van der Waals surface area contributed by atoms with E-state index in [1.165, 1.54) is 0 Å². The van der Waals surface area contributed by atoms with Gasteiger partial charge in [-0.3, -0.25) is 4.79 Å². The fourth-order valence-corrected chi connectivity index (χ4v) is 3.20. The number of nitrogens with zero attached hydrogens (tertiary/aromatic N) is 3. The molecule has 0 aliphatic heterocycles. The van der Waals surface area contributed by atoms with Crippen molar-refractivity contribution in [3.63, 3.8) is 0 Å². The van der Waals surface area contributed by atoms with Gasteiger partial charge in [0.05, 0.1) is 13.7 Å². The maximum absolute atomic E-state index is 13.0. The Hall–Kier alpha value is -2.86. The lowest BCUT2D eigenvalue weighted by molar-refractivity contribution is 0.0768. The van der Waals surface area contributed by atoms with E-state index in [1.54, 1.807) is 31.2 Å². The molecular formula is C22H24ClN3O3. The Morgan fingerprint density at radius 1 is 1.24 bits per heavy atom. The molecule has 1 amide bonds. The third-order valence-electron chi connectivity index (χ3n) is 4.72. The molecule has 0 aliphatic rings. The first kappa shape index (κ1) is 20.9. The van der Waals surface area contributed by atoms with Crippen molar-refractivity contribution < 1.29 is 14.1 Å². The molecule has 7 heteroatoms. The zero-order valence-corrected chi connectivity index (χ0v) is 17.9. The van der Waals surface area contributed by atoms with Crippen molar-refractivity contribution >= 4 is 17.5 Å². The van der Waals surface area contributed by atoms with Gasteiger partial charge in [-0.25, -0.2) is 0 Å². The first-order chi connectivity index (χ1) is 13.8. The molecular weight excluding hydrogens is 390 g/mol. The quantitative estimate of drug-likeness (QED) is 0.562. The van der Waals surface area contributed by atoms with E-state index in [1.807, 2.05) is 31.2 Å². The zero-order valence-electron chi connectivity index (χ0n) is 17.2. The van der Waals surface area contributed by atoms with E-state index in [4.69, 9.17) is 20.9 Å². The van der Waals surface area contributed by atoms with E-state index in [-0.39, 0.29) is 18.4 Å². The summed E-state index contributed by atoms with van der Waals surface area (Å²) in [6.07, 6.45) is 0. The molecule has 0 fully saturated rings. The highest BCUT2D eigenvalue weighted by Crippen LogP contribution is 2.30. The first-order valence-corrected chi connectivity index (χ1v) is 9.70. The molecule has 152 valence electrons. The van der Waals surface area contributed by atoms with Gasteiger partial charge >= 0.3 is 0 Å². The number of benzene rings is 2. The normalized spacial score (nSPS) is 11.0. The molecule has 0 radical (unpaired) electrons. The Labute approximate surface area is 175 Å². The van der Waals surface area contributed by atoms with Gasteiger partial charge in [0.1, 0.15) is 5.75 Å². The van der Waals surface area contributed by atoms with Crippen LogP contribution in [0, 0.1) is 6.92 Å². The van der Waals surface area contributed by atoms with Gasteiger partial charge in [-0.05, 0) is 60.4 Å². The highest BCUT2D eigenvalue weighted by atomic mass is 35.5. The minimum absolute atomic E-state index is 0.113. The monoisotopic (exact) mass is 413 g/mol. The number of amides is 1. The summed E-state index contributed by atoms with van der Waals surface area (Å²) in [7, 11) is 3.36. The Morgan fingerprint density at radius 2 is 1.93 bits per heavy atom. The van der Waals surface area contributed by atoms with Crippen molar-refractivity contribution in [2.75, 3.05) is 14.2 Å². The summed E-state index contributed by atoms with van der Waals surface area (Å²) in [6, 6.07) is 11.0. The number of hydrogen-bond acceptors (Lipinski definition) is 5. The van der Waals surface area contributed by atoms with E-state index >= 15 is 0 Å². The van der Waals surface area contributed by atoms with Crippen LogP contribution in [0.15, 0.2) is 40.9 Å². The second-order valence-electron chi connectivity index (χ2n) is 7.24. The SMILES string of the molecule is COc1cc(C)c(C(=O)N(C)Cc2nc(-c3ccc(Cl)cc3)no2)cc1C(C)C. The predicted octanol–water partition coefficient (Wildman–Crippen LogP) is 5.10. The highest BCUT2D eigenvalue weighted by molar-refractivity contribution is 6.30. The minimum atomic E-state index is -0.113. The number of halogens is 1. The lowest BCUT2D eigenvalue weighted by Gasteiger charge is -2.19. The molecule has 0 N–H and O–H groups in total. The van der Waals surface area contributed by atoms with Crippen LogP contribution < -0.4 is 4.74 Å². The highest BCUT2D eigenvalue weighted by Gasteiger charge is 2.20. The van der Waals surface area contributed by atoms with E-state index < -0.39 is 0 Å². The summed E-state index contributed by atoms with van der Waals surface area (Å²) in [5.41, 5.74) is 3.29. The average Bonchev–Trinajstić information content (AvgIpc) is 3.15. The van der Waals surface area contributed by atoms with Crippen LogP contribution in [-0.2, 0) is 6.54 Å². The molecule has 1 heterocycles. The third kappa shape index (κ3) is 4.59. The van der Waals surface area contributed by atoms with Crippen LogP contribution in [0.25, 0.3) is 11.4 Å². The van der Waals surface area contributed by atoms with Crippen molar-refractivity contribution in [1.82, 2.24) is 15.0 Å². The average molecular weight is 414 g/mol. The molecule has 29 heavy (non-hydrogen) atoms. The van der Waals surface area contributed by atoms with Gasteiger partial charge in [-0.2, -0.15) is 4.98 Å². The van der Waals surface area contributed by atoms with Gasteiger partial charge < -0.3 is 14.2 Å². The molecule has 1 aromatic heterocycles. The van der Waals surface area contributed by atoms with E-state index in [0.29, 0.717) is 22.3 Å². The van der Waals surface area contributed by atoms with Gasteiger partial charge in [0.2, 0.25) is 11.7 Å². The van der Waals surface area contributed by atoms with Crippen LogP contribution in [0.1, 0.15) is 47.1 Å². The molecule has 0 atom stereocenters. The largest absolute Gasteiger partial charge is 0.496 e. The fourth-order valence-electron chi connectivity index (χ4n) is 3.07. The molecule has 2 aromatic carbocycles. The summed E-state index contributed by atoms with van der Waals surface area (Å²) in [6.45, 7) is 6.25. The fraction of sp³-hybridized carbons (Fsp3) is 0.318. The van der Waals surface area contributed by atoms with Gasteiger partial charge in [0.25, 0.3) is 5.91 Å². The van der Waals surface area contributed by atoms with Crippen LogP contribution in [0.4, 0.5) is 0 Å². The summed E-state index contributed by atoms with van der Waals surface area (Å²) in [5.74, 6) is 1.74. The van der Waals surface area contributed by atoms with E-state index in [2.05, 4.69) is 24.0 Å². The maximum atomic E-state index is 13.0. The molecule has 0 unspecified atom stereocenters. The number of rotatable bonds is 6. The summed E-state index contributed by atoms with van der Waals surface area (Å²) >= 11 is 5.91. The van der Waals surface area contributed by atoms with Crippen molar-refractivity contribution in [3.05, 3.63) is 64.0 Å². The Kier molecular flexibility index (Phi) is 6.23. The molecule has 0 bridgehead atoms. The van der Waals surface area contributed by atoms with Crippen LogP contribution in [0.2, 0.25) is 5.02 Å². The molecule has 3 aromatic rings. The van der Waals surface area contributed by atoms with Crippen LogP contribution >= 0.6 is 11.6 Å². The Bertz CT molecular complexity index is 1010. The molecule has 0 saturated heterocycles. The third-order valence-corrected chi connectivity index (χ3v) is 4.97. The van der Waals surface area contributed by atoms with Crippen molar-refractivity contribution in [2.45, 2.75) is 33.2 Å². The molecule has 0 spiro atoms. The zero-order chi connectivity index (χ0) is 21.1. The van der Waals surface area contributed by atoms with Gasteiger partial charge in [-0.1, -0.05) is 30.6 Å². The molecule has 0 aliphatic carbocycles. The second-order valence-corrected chi connectivity index (χ2v) is 7.68. The van der Waals surface area contributed by atoms with E-state index in [9.17, 15) is 4.79 Å². The van der Waals surface area contributed by atoms with Gasteiger partial charge in [0, 0.05) is 23.2 Å². The molecule has 6 nitrogen and oxygen atoms in total. The standard InChI is InChI=1S/C22H24ClN3O3/c1-13(2)17-11-18(14(3)10-19(17)28-5)22(27)26(4)12-20-24-21(25-29-20)15-6-8-16(23)9-7-15/h6-11,13H,12H2,1-5H3. The maximum Gasteiger partial charge on any atom is 0.254 e. The second kappa shape index (κ2) is 8.66. The Morgan fingerprint density at radius 3 is 2.55 bits per heavy atom. The number of aryl methyl sites for hydroxylation is 1. The summed E-state index contributed by atoms with van der Waals surface area (Å²) < 4.78 is 10.8. The number of carbonyl (C=O) groups is 1. The number of aromatic nitrogens is 2. The van der Waals surface area contributed by atoms with Crippen molar-refractivity contribution in [1.29, 1.82) is 0 Å². The van der Waals surface area contributed by atoms with E-state index in [0.717, 1.165) is 22.4 Å². The number of carbonyl (C=O) groups excluding carboxylic acids is 1. The smallest absolute Gasteiger partial charge is 0.254 e. The lowest BCUT2D eigenvalue weighted by Crippen LogP contribution is -2.27. The molecule has 3 rings (SSSR count). The number of ether oxygens (including phenoxy) is 1. The Balaban J connectivity index is 1.79. The first-order valence-electron chi connectivity index (χ1n) is 9.32. The summed E-state index contributed by atoms with van der Waals surface area (Å²) in [4.78, 5) is 19.0. The minimum Gasteiger partial charge on any atom is -0.496 e. The summed E-state index contributed by atoms with van der Waals surface area (Å²) in [5, 5.41) is 4.63. The van der Waals surface area contributed by atoms with Crippen LogP contribution in [0.3, 0.4) is 0 Å². The van der Waals surface area contributed by atoms with Gasteiger partial charge in [0.15, 0.2) is 0 Å². The van der Waals surface area contributed by atoms with Crippen molar-refractivity contribution in [3.8, 4) is 17.1 Å².